The number of carbonyl (C=O) groups is 2. The molecule has 5 heteroatoms. The van der Waals surface area contributed by atoms with Crippen LogP contribution in [0.15, 0.2) is 24.3 Å². The number of carbonyl (C=O) groups excluding carboxylic acids is 2. The van der Waals surface area contributed by atoms with Crippen LogP contribution in [0.4, 0.5) is 4.79 Å². The van der Waals surface area contributed by atoms with E-state index in [-0.39, 0.29) is 18.0 Å². The van der Waals surface area contributed by atoms with Gasteiger partial charge in [0.15, 0.2) is 0 Å². The van der Waals surface area contributed by atoms with Crippen molar-refractivity contribution in [3.63, 3.8) is 0 Å². The normalized spacial score (nSPS) is 19.1. The van der Waals surface area contributed by atoms with Crippen LogP contribution in [-0.2, 0) is 11.2 Å². The lowest BCUT2D eigenvalue weighted by atomic mass is 9.95. The number of hydrogen-bond acceptors (Lipinski definition) is 2. The first-order valence-electron chi connectivity index (χ1n) is 10.9. The molecule has 1 N–H and O–H groups in total. The number of nitrogens with one attached hydrogen (secondary N) is 1. The van der Waals surface area contributed by atoms with Crippen molar-refractivity contribution < 1.29 is 9.59 Å². The summed E-state index contributed by atoms with van der Waals surface area (Å²) in [6.45, 7) is 9.61. The van der Waals surface area contributed by atoms with Crippen LogP contribution < -0.4 is 5.32 Å². The quantitative estimate of drug-likeness (QED) is 0.833. The number of amides is 3. The highest BCUT2D eigenvalue weighted by Crippen LogP contribution is 2.23. The van der Waals surface area contributed by atoms with Gasteiger partial charge in [-0.1, -0.05) is 38.1 Å². The van der Waals surface area contributed by atoms with Crippen molar-refractivity contribution in [3.05, 3.63) is 35.4 Å². The zero-order valence-corrected chi connectivity index (χ0v) is 17.6. The predicted octanol–water partition coefficient (Wildman–Crippen LogP) is 3.99. The fourth-order valence-corrected chi connectivity index (χ4v) is 4.30. The Morgan fingerprint density at radius 2 is 1.57 bits per heavy atom. The summed E-state index contributed by atoms with van der Waals surface area (Å²) in [4.78, 5) is 29.1. The molecule has 154 valence electrons. The SMILES string of the molecule is CC(C)Cc1ccc(C(C)NC(=O)N2CCC(C(=O)N3CCCC3)CC2)cc1. The molecule has 2 fully saturated rings. The third-order valence-electron chi connectivity index (χ3n) is 6.01. The van der Waals surface area contributed by atoms with Gasteiger partial charge in [0.1, 0.15) is 0 Å². The van der Waals surface area contributed by atoms with Gasteiger partial charge in [0, 0.05) is 32.1 Å². The molecule has 1 aromatic rings. The molecular formula is C23H35N3O2. The molecule has 2 aliphatic heterocycles. The lowest BCUT2D eigenvalue weighted by molar-refractivity contribution is -0.135. The Hall–Kier alpha value is -2.04. The number of rotatable bonds is 5. The molecule has 0 aliphatic carbocycles. The number of likely N-dealkylation sites (tertiary alicyclic amines) is 2. The molecule has 0 bridgehead atoms. The maximum Gasteiger partial charge on any atom is 0.317 e. The second-order valence-electron chi connectivity index (χ2n) is 8.80. The molecule has 1 unspecified atom stereocenters. The Morgan fingerprint density at radius 3 is 2.14 bits per heavy atom. The summed E-state index contributed by atoms with van der Waals surface area (Å²) in [6, 6.07) is 8.50. The molecule has 5 nitrogen and oxygen atoms in total. The van der Waals surface area contributed by atoms with E-state index in [1.165, 1.54) is 5.56 Å². The maximum absolute atomic E-state index is 12.6. The van der Waals surface area contributed by atoms with E-state index >= 15 is 0 Å². The van der Waals surface area contributed by atoms with E-state index in [4.69, 9.17) is 0 Å². The molecular weight excluding hydrogens is 350 g/mol. The van der Waals surface area contributed by atoms with E-state index in [1.807, 2.05) is 16.7 Å². The fraction of sp³-hybridized carbons (Fsp3) is 0.652. The smallest absolute Gasteiger partial charge is 0.317 e. The first kappa shape index (κ1) is 20.7. The first-order valence-corrected chi connectivity index (χ1v) is 10.9. The molecule has 0 radical (unpaired) electrons. The Labute approximate surface area is 169 Å². The number of benzene rings is 1. The molecule has 0 aromatic heterocycles. The fourth-order valence-electron chi connectivity index (χ4n) is 4.30. The number of piperidine rings is 1. The van der Waals surface area contributed by atoms with Crippen molar-refractivity contribution in [1.29, 1.82) is 0 Å². The number of nitrogens with zero attached hydrogens (tertiary/aromatic N) is 2. The molecule has 0 saturated carbocycles. The summed E-state index contributed by atoms with van der Waals surface area (Å²) in [5.41, 5.74) is 2.46. The largest absolute Gasteiger partial charge is 0.342 e. The third kappa shape index (κ3) is 5.27. The van der Waals surface area contributed by atoms with Gasteiger partial charge in [-0.05, 0) is 56.1 Å². The highest BCUT2D eigenvalue weighted by Gasteiger charge is 2.31. The van der Waals surface area contributed by atoms with Gasteiger partial charge in [0.05, 0.1) is 6.04 Å². The highest BCUT2D eigenvalue weighted by molar-refractivity contribution is 5.80. The minimum Gasteiger partial charge on any atom is -0.342 e. The molecule has 0 spiro atoms. The average molecular weight is 386 g/mol. The lowest BCUT2D eigenvalue weighted by Gasteiger charge is -2.33. The zero-order chi connectivity index (χ0) is 20.1. The van der Waals surface area contributed by atoms with Gasteiger partial charge in [-0.25, -0.2) is 4.79 Å². The molecule has 2 heterocycles. The zero-order valence-electron chi connectivity index (χ0n) is 17.6. The summed E-state index contributed by atoms with van der Waals surface area (Å²) < 4.78 is 0. The molecule has 2 saturated heterocycles. The van der Waals surface area contributed by atoms with Crippen LogP contribution in [0, 0.1) is 11.8 Å². The van der Waals surface area contributed by atoms with Gasteiger partial charge in [-0.3, -0.25) is 4.79 Å². The topological polar surface area (TPSA) is 52.7 Å². The van der Waals surface area contributed by atoms with Crippen molar-refractivity contribution >= 4 is 11.9 Å². The van der Waals surface area contributed by atoms with E-state index < -0.39 is 0 Å². The van der Waals surface area contributed by atoms with Crippen molar-refractivity contribution in [3.8, 4) is 0 Å². The van der Waals surface area contributed by atoms with E-state index in [1.54, 1.807) is 0 Å². The molecule has 1 atom stereocenters. The summed E-state index contributed by atoms with van der Waals surface area (Å²) in [6.07, 6.45) is 4.89. The van der Waals surface area contributed by atoms with E-state index in [2.05, 4.69) is 43.4 Å². The number of hydrogen-bond donors (Lipinski definition) is 1. The van der Waals surface area contributed by atoms with Crippen LogP contribution in [0.3, 0.4) is 0 Å². The van der Waals surface area contributed by atoms with Crippen LogP contribution in [0.25, 0.3) is 0 Å². The Morgan fingerprint density at radius 1 is 0.964 bits per heavy atom. The predicted molar refractivity (Wildman–Crippen MR) is 112 cm³/mol. The second-order valence-corrected chi connectivity index (χ2v) is 8.80. The molecule has 2 aliphatic rings. The first-order chi connectivity index (χ1) is 13.4. The van der Waals surface area contributed by atoms with Crippen LogP contribution in [0.2, 0.25) is 0 Å². The molecule has 28 heavy (non-hydrogen) atoms. The maximum atomic E-state index is 12.6. The Bertz CT molecular complexity index is 657. The number of urea groups is 1. The van der Waals surface area contributed by atoms with E-state index in [0.717, 1.165) is 50.8 Å². The molecule has 3 amide bonds. The van der Waals surface area contributed by atoms with Gasteiger partial charge in [0.25, 0.3) is 0 Å². The lowest BCUT2D eigenvalue weighted by Crippen LogP contribution is -2.47. The summed E-state index contributed by atoms with van der Waals surface area (Å²) in [5.74, 6) is 1.03. The van der Waals surface area contributed by atoms with Crippen LogP contribution >= 0.6 is 0 Å². The Balaban J connectivity index is 1.46. The van der Waals surface area contributed by atoms with Crippen molar-refractivity contribution in [1.82, 2.24) is 15.1 Å². The van der Waals surface area contributed by atoms with Gasteiger partial charge >= 0.3 is 6.03 Å². The summed E-state index contributed by atoms with van der Waals surface area (Å²) in [5, 5.41) is 3.12. The average Bonchev–Trinajstić information content (AvgIpc) is 3.22. The van der Waals surface area contributed by atoms with Crippen LogP contribution in [0.5, 0.6) is 0 Å². The van der Waals surface area contributed by atoms with Gasteiger partial charge < -0.3 is 15.1 Å². The minimum absolute atomic E-state index is 0.0224. The highest BCUT2D eigenvalue weighted by atomic mass is 16.2. The van der Waals surface area contributed by atoms with E-state index in [0.29, 0.717) is 24.9 Å². The summed E-state index contributed by atoms with van der Waals surface area (Å²) >= 11 is 0. The van der Waals surface area contributed by atoms with E-state index in [9.17, 15) is 9.59 Å². The van der Waals surface area contributed by atoms with Crippen molar-refractivity contribution in [2.75, 3.05) is 26.2 Å². The van der Waals surface area contributed by atoms with Crippen molar-refractivity contribution in [2.45, 2.75) is 58.9 Å². The van der Waals surface area contributed by atoms with Gasteiger partial charge in [-0.2, -0.15) is 0 Å². The van der Waals surface area contributed by atoms with Crippen LogP contribution in [0.1, 0.15) is 63.6 Å². The molecule has 3 rings (SSSR count). The third-order valence-corrected chi connectivity index (χ3v) is 6.01. The molecule has 1 aromatic carbocycles. The Kier molecular flexibility index (Phi) is 6.97. The van der Waals surface area contributed by atoms with Crippen molar-refractivity contribution in [2.24, 2.45) is 11.8 Å². The van der Waals surface area contributed by atoms with Gasteiger partial charge in [0.2, 0.25) is 5.91 Å². The minimum atomic E-state index is -0.0236. The van der Waals surface area contributed by atoms with Gasteiger partial charge in [-0.15, -0.1) is 0 Å². The van der Waals surface area contributed by atoms with Crippen LogP contribution in [-0.4, -0.2) is 47.9 Å². The monoisotopic (exact) mass is 385 g/mol. The standard InChI is InChI=1S/C23H35N3O2/c1-17(2)16-19-6-8-20(9-7-19)18(3)24-23(28)26-14-10-21(11-15-26)22(27)25-12-4-5-13-25/h6-9,17-18,21H,4-5,10-16H2,1-3H3,(H,24,28). The summed E-state index contributed by atoms with van der Waals surface area (Å²) in [7, 11) is 0. The second kappa shape index (κ2) is 9.44.